The first-order valence-corrected chi connectivity index (χ1v) is 8.60. The highest BCUT2D eigenvalue weighted by Gasteiger charge is 2.35. The van der Waals surface area contributed by atoms with E-state index in [2.05, 4.69) is 4.74 Å². The molecule has 0 saturated carbocycles. The van der Waals surface area contributed by atoms with E-state index >= 15 is 0 Å². The van der Waals surface area contributed by atoms with E-state index in [0.717, 1.165) is 19.2 Å². The SMILES string of the molecule is CCc1cc(C(F)(F)F)c(OCc2c(CC)cccc2OC(=O)OC)cc1F. The van der Waals surface area contributed by atoms with Gasteiger partial charge in [0.05, 0.1) is 12.7 Å². The molecule has 2 rings (SSSR count). The summed E-state index contributed by atoms with van der Waals surface area (Å²) in [7, 11) is 1.13. The lowest BCUT2D eigenvalue weighted by Crippen LogP contribution is -2.13. The van der Waals surface area contributed by atoms with E-state index in [1.165, 1.54) is 6.07 Å². The average molecular weight is 400 g/mol. The van der Waals surface area contributed by atoms with Gasteiger partial charge in [0.15, 0.2) is 0 Å². The van der Waals surface area contributed by atoms with E-state index in [9.17, 15) is 22.4 Å². The maximum Gasteiger partial charge on any atom is 0.513 e. The fourth-order valence-electron chi connectivity index (χ4n) is 2.69. The number of methoxy groups -OCH3 is 1. The highest BCUT2D eigenvalue weighted by molar-refractivity contribution is 5.64. The second-order valence-corrected chi connectivity index (χ2v) is 5.88. The predicted octanol–water partition coefficient (Wildman–Crippen LogP) is 5.69. The van der Waals surface area contributed by atoms with Crippen LogP contribution in [-0.4, -0.2) is 13.3 Å². The molecule has 0 spiro atoms. The van der Waals surface area contributed by atoms with Gasteiger partial charge >= 0.3 is 12.3 Å². The number of aryl methyl sites for hydroxylation is 2. The van der Waals surface area contributed by atoms with Crippen LogP contribution in [0.25, 0.3) is 0 Å². The standard InChI is InChI=1S/C20H20F4O4/c1-4-12-7-6-8-17(28-19(25)26-3)14(12)11-27-18-10-16(21)13(5-2)9-15(18)20(22,23)24/h6-10H,4-5,11H2,1-3H3. The smallest absolute Gasteiger partial charge is 0.488 e. The predicted molar refractivity (Wildman–Crippen MR) is 94.0 cm³/mol. The van der Waals surface area contributed by atoms with Gasteiger partial charge in [-0.15, -0.1) is 0 Å². The summed E-state index contributed by atoms with van der Waals surface area (Å²) < 4.78 is 69.0. The van der Waals surface area contributed by atoms with E-state index in [-0.39, 0.29) is 24.3 Å². The minimum absolute atomic E-state index is 0.0525. The van der Waals surface area contributed by atoms with Crippen molar-refractivity contribution in [3.8, 4) is 11.5 Å². The summed E-state index contributed by atoms with van der Waals surface area (Å²) in [5, 5.41) is 0. The molecule has 8 heteroatoms. The summed E-state index contributed by atoms with van der Waals surface area (Å²) in [6.07, 6.45) is -5.04. The fraction of sp³-hybridized carbons (Fsp3) is 0.350. The van der Waals surface area contributed by atoms with E-state index in [4.69, 9.17) is 9.47 Å². The minimum atomic E-state index is -4.71. The first-order chi connectivity index (χ1) is 13.2. The zero-order valence-corrected chi connectivity index (χ0v) is 15.7. The number of rotatable bonds is 6. The first-order valence-electron chi connectivity index (χ1n) is 8.60. The summed E-state index contributed by atoms with van der Waals surface area (Å²) in [6, 6.07) is 6.32. The lowest BCUT2D eigenvalue weighted by molar-refractivity contribution is -0.139. The Balaban J connectivity index is 2.41. The highest BCUT2D eigenvalue weighted by atomic mass is 19.4. The third kappa shape index (κ3) is 4.94. The van der Waals surface area contributed by atoms with Crippen molar-refractivity contribution in [2.24, 2.45) is 0 Å². The lowest BCUT2D eigenvalue weighted by atomic mass is 10.0. The Hall–Kier alpha value is -2.77. The van der Waals surface area contributed by atoms with Crippen LogP contribution in [0.15, 0.2) is 30.3 Å². The van der Waals surface area contributed by atoms with Crippen LogP contribution in [0.2, 0.25) is 0 Å². The van der Waals surface area contributed by atoms with Crippen molar-refractivity contribution in [1.29, 1.82) is 0 Å². The van der Waals surface area contributed by atoms with E-state index in [0.29, 0.717) is 17.5 Å². The van der Waals surface area contributed by atoms with Crippen LogP contribution >= 0.6 is 0 Å². The molecule has 4 nitrogen and oxygen atoms in total. The molecule has 0 aliphatic rings. The molecular weight excluding hydrogens is 380 g/mol. The summed E-state index contributed by atoms with van der Waals surface area (Å²) in [4.78, 5) is 11.4. The number of halogens is 4. The molecule has 0 amide bonds. The van der Waals surface area contributed by atoms with Gasteiger partial charge in [-0.25, -0.2) is 9.18 Å². The Morgan fingerprint density at radius 3 is 2.29 bits per heavy atom. The van der Waals surface area contributed by atoms with Crippen molar-refractivity contribution < 1.29 is 36.6 Å². The molecule has 0 fully saturated rings. The van der Waals surface area contributed by atoms with Gasteiger partial charge in [-0.2, -0.15) is 13.2 Å². The second-order valence-electron chi connectivity index (χ2n) is 5.88. The molecule has 0 radical (unpaired) electrons. The van der Waals surface area contributed by atoms with Crippen molar-refractivity contribution >= 4 is 6.16 Å². The monoisotopic (exact) mass is 400 g/mol. The first kappa shape index (κ1) is 21.5. The maximum absolute atomic E-state index is 14.1. The quantitative estimate of drug-likeness (QED) is 0.355. The number of carbonyl (C=O) groups excluding carboxylic acids is 1. The van der Waals surface area contributed by atoms with Crippen LogP contribution in [0.5, 0.6) is 11.5 Å². The third-order valence-electron chi connectivity index (χ3n) is 4.18. The topological polar surface area (TPSA) is 44.8 Å². The molecule has 0 aliphatic carbocycles. The molecule has 28 heavy (non-hydrogen) atoms. The largest absolute Gasteiger partial charge is 0.513 e. The van der Waals surface area contributed by atoms with Gasteiger partial charge in [0, 0.05) is 11.6 Å². The Bertz CT molecular complexity index is 847. The molecule has 152 valence electrons. The van der Waals surface area contributed by atoms with Crippen molar-refractivity contribution in [3.63, 3.8) is 0 Å². The Morgan fingerprint density at radius 1 is 1.04 bits per heavy atom. The van der Waals surface area contributed by atoms with Gasteiger partial charge in [0.1, 0.15) is 23.9 Å². The van der Waals surface area contributed by atoms with Crippen molar-refractivity contribution in [1.82, 2.24) is 0 Å². The van der Waals surface area contributed by atoms with Crippen molar-refractivity contribution in [3.05, 3.63) is 58.4 Å². The van der Waals surface area contributed by atoms with Crippen molar-refractivity contribution in [2.45, 2.75) is 39.5 Å². The molecule has 0 atom stereocenters. The van der Waals surface area contributed by atoms with Crippen LogP contribution in [0, 0.1) is 5.82 Å². The number of alkyl halides is 3. The summed E-state index contributed by atoms with van der Waals surface area (Å²) in [5.41, 5.74) is -0.0253. The van der Waals surface area contributed by atoms with Gasteiger partial charge in [-0.1, -0.05) is 26.0 Å². The molecule has 0 saturated heterocycles. The molecule has 0 bridgehead atoms. The van der Waals surface area contributed by atoms with Gasteiger partial charge in [-0.3, -0.25) is 0 Å². The van der Waals surface area contributed by atoms with Gasteiger partial charge < -0.3 is 14.2 Å². The molecule has 0 aliphatic heterocycles. The van der Waals surface area contributed by atoms with Crippen LogP contribution in [0.4, 0.5) is 22.4 Å². The van der Waals surface area contributed by atoms with Crippen molar-refractivity contribution in [2.75, 3.05) is 7.11 Å². The Kier molecular flexibility index (Phi) is 6.88. The van der Waals surface area contributed by atoms with Gasteiger partial charge in [0.25, 0.3) is 0 Å². The summed E-state index contributed by atoms with van der Waals surface area (Å²) in [6.45, 7) is 3.05. The molecule has 0 aromatic heterocycles. The highest BCUT2D eigenvalue weighted by Crippen LogP contribution is 2.38. The Morgan fingerprint density at radius 2 is 1.71 bits per heavy atom. The number of ether oxygens (including phenoxy) is 3. The maximum atomic E-state index is 14.1. The van der Waals surface area contributed by atoms with Crippen LogP contribution in [0.1, 0.15) is 36.1 Å². The number of carbonyl (C=O) groups is 1. The number of benzene rings is 2. The van der Waals surface area contributed by atoms with E-state index in [1.807, 2.05) is 6.92 Å². The molecular formula is C20H20F4O4. The van der Waals surface area contributed by atoms with Gasteiger partial charge in [0.2, 0.25) is 0 Å². The van der Waals surface area contributed by atoms with Crippen LogP contribution in [0.3, 0.4) is 0 Å². The van der Waals surface area contributed by atoms with Crippen LogP contribution < -0.4 is 9.47 Å². The zero-order valence-electron chi connectivity index (χ0n) is 15.7. The lowest BCUT2D eigenvalue weighted by Gasteiger charge is -2.18. The zero-order chi connectivity index (χ0) is 20.9. The van der Waals surface area contributed by atoms with Crippen LogP contribution in [-0.2, 0) is 30.4 Å². The Labute approximate surface area is 160 Å². The number of hydrogen-bond acceptors (Lipinski definition) is 4. The van der Waals surface area contributed by atoms with Gasteiger partial charge in [-0.05, 0) is 36.1 Å². The number of hydrogen-bond donors (Lipinski definition) is 0. The van der Waals surface area contributed by atoms with E-state index in [1.54, 1.807) is 19.1 Å². The normalized spacial score (nSPS) is 11.2. The fourth-order valence-corrected chi connectivity index (χ4v) is 2.69. The second kappa shape index (κ2) is 8.95. The summed E-state index contributed by atoms with van der Waals surface area (Å²) in [5.74, 6) is -1.30. The molecule has 0 N–H and O–H groups in total. The summed E-state index contributed by atoms with van der Waals surface area (Å²) >= 11 is 0. The molecule has 0 unspecified atom stereocenters. The average Bonchev–Trinajstić information content (AvgIpc) is 2.65. The molecule has 2 aromatic rings. The third-order valence-corrected chi connectivity index (χ3v) is 4.18. The van der Waals surface area contributed by atoms with E-state index < -0.39 is 29.5 Å². The molecule has 2 aromatic carbocycles. The minimum Gasteiger partial charge on any atom is -0.488 e. The molecule has 0 heterocycles.